The van der Waals surface area contributed by atoms with E-state index in [-0.39, 0.29) is 144 Å². The second-order valence-corrected chi connectivity index (χ2v) is 15.4. The van der Waals surface area contributed by atoms with Gasteiger partial charge in [0.1, 0.15) is 0 Å². The van der Waals surface area contributed by atoms with Crippen LogP contribution in [0, 0.1) is 11.8 Å². The van der Waals surface area contributed by atoms with Gasteiger partial charge in [0.2, 0.25) is 11.8 Å². The third kappa shape index (κ3) is 19.6. The number of aromatic nitrogens is 4. The maximum absolute atomic E-state index is 12.8. The summed E-state index contributed by atoms with van der Waals surface area (Å²) >= 11 is 0. The summed E-state index contributed by atoms with van der Waals surface area (Å²) in [5, 5.41) is 40.3. The number of aliphatic carboxylic acids is 2. The van der Waals surface area contributed by atoms with Gasteiger partial charge in [-0.25, -0.2) is 0 Å². The number of hydrogen-bond donors (Lipinski definition) is 1. The molecule has 0 aliphatic carbocycles. The van der Waals surface area contributed by atoms with Crippen molar-refractivity contribution in [1.82, 2.24) is 30.8 Å². The van der Waals surface area contributed by atoms with Crippen LogP contribution in [0.5, 0.6) is 0 Å². The summed E-state index contributed by atoms with van der Waals surface area (Å²) < 4.78 is 5.07. The van der Waals surface area contributed by atoms with E-state index in [1.807, 2.05) is 110 Å². The van der Waals surface area contributed by atoms with Gasteiger partial charge in [-0.05, 0) is 77.5 Å². The molecule has 2 amide bonds. The van der Waals surface area contributed by atoms with Crippen LogP contribution in [0.25, 0.3) is 33.6 Å². The molecule has 14 nitrogen and oxygen atoms in total. The Labute approximate surface area is 448 Å². The molecule has 0 radical (unpaired) electrons. The molecule has 1 aromatic heterocycles. The average Bonchev–Trinajstić information content (AvgIpc) is 3.81. The van der Waals surface area contributed by atoms with Crippen LogP contribution in [0.15, 0.2) is 103 Å². The standard InChI is InChI=1S/C24H29N5O3.C24H29NO5.3Na/c1-4-5-10-21(30)29(22(16(2)3)24(31)32)15-17-11-13-18(14-12-17)19-8-6-7-9-20(19)23-25-27-28-26-23;1-3-30-24(29)17(2)15-21(25-22(26)13-14-23(27)28)16-18-9-11-20(12-10-18)19-7-5-4-6-8-19;;;/h6-9,11-14,16,22H,4-5,10,15H2,1-3H3,(H2,25,26,27,28,31,32);4-12,17,21H,3,13-16H2,1-2H3,(H,25,26)(H,27,28);;;/q;;3*+1/p-3/t22-;17-,21+;;;/m01.../s1. The summed E-state index contributed by atoms with van der Waals surface area (Å²) in [6, 6.07) is 32.1. The van der Waals surface area contributed by atoms with Crippen LogP contribution in [-0.2, 0) is 41.7 Å². The predicted octanol–water partition coefficient (Wildman–Crippen LogP) is -4.03. The summed E-state index contributed by atoms with van der Waals surface area (Å²) in [7, 11) is 0. The number of nitrogens with zero attached hydrogens (tertiary/aromatic N) is 5. The van der Waals surface area contributed by atoms with E-state index in [4.69, 9.17) is 4.74 Å². The summed E-state index contributed by atoms with van der Waals surface area (Å²) in [6.45, 7) is 9.59. The second-order valence-electron chi connectivity index (χ2n) is 15.4. The second kappa shape index (κ2) is 31.3. The van der Waals surface area contributed by atoms with E-state index in [1.165, 1.54) is 4.90 Å². The van der Waals surface area contributed by atoms with Crippen molar-refractivity contribution in [3.63, 3.8) is 0 Å². The van der Waals surface area contributed by atoms with E-state index in [0.29, 0.717) is 31.7 Å². The molecule has 17 heteroatoms. The molecule has 0 unspecified atom stereocenters. The Morgan fingerprint density at radius 1 is 0.723 bits per heavy atom. The summed E-state index contributed by atoms with van der Waals surface area (Å²) in [5.41, 5.74) is 6.75. The Morgan fingerprint density at radius 3 is 1.86 bits per heavy atom. The van der Waals surface area contributed by atoms with Crippen molar-refractivity contribution in [2.45, 2.75) is 98.2 Å². The Balaban J connectivity index is 0.000000623. The number of ether oxygens (including phenoxy) is 1. The Bertz CT molecular complexity index is 2200. The number of tetrazole rings is 1. The fourth-order valence-electron chi connectivity index (χ4n) is 7.01. The number of nitrogens with one attached hydrogen (secondary N) is 1. The van der Waals surface area contributed by atoms with Gasteiger partial charge in [-0.1, -0.05) is 137 Å². The molecule has 0 spiro atoms. The number of esters is 1. The largest absolute Gasteiger partial charge is 1.00 e. The van der Waals surface area contributed by atoms with Crippen molar-refractivity contribution >= 4 is 29.7 Å². The zero-order chi connectivity index (χ0) is 45.0. The first-order valence-electron chi connectivity index (χ1n) is 21.0. The van der Waals surface area contributed by atoms with E-state index in [2.05, 4.69) is 25.9 Å². The molecule has 328 valence electrons. The van der Waals surface area contributed by atoms with Gasteiger partial charge in [0.15, 0.2) is 0 Å². The van der Waals surface area contributed by atoms with Crippen LogP contribution < -0.4 is 109 Å². The van der Waals surface area contributed by atoms with Gasteiger partial charge < -0.3 is 39.9 Å². The van der Waals surface area contributed by atoms with E-state index >= 15 is 0 Å². The number of carboxylic acids is 2. The van der Waals surface area contributed by atoms with Gasteiger partial charge in [0.25, 0.3) is 0 Å². The van der Waals surface area contributed by atoms with Crippen LogP contribution >= 0.6 is 0 Å². The fraction of sp³-hybridized carbons (Fsp3) is 0.375. The van der Waals surface area contributed by atoms with Crippen LogP contribution in [0.4, 0.5) is 0 Å². The number of carboxylic acid groups (broad SMARTS) is 2. The predicted molar refractivity (Wildman–Crippen MR) is 230 cm³/mol. The first-order valence-corrected chi connectivity index (χ1v) is 21.0. The van der Waals surface area contributed by atoms with Crippen molar-refractivity contribution in [1.29, 1.82) is 0 Å². The Kier molecular flexibility index (Phi) is 28.6. The van der Waals surface area contributed by atoms with Gasteiger partial charge in [-0.15, -0.1) is 0 Å². The molecule has 0 aliphatic rings. The van der Waals surface area contributed by atoms with E-state index in [9.17, 15) is 34.2 Å². The Hall–Kier alpha value is -3.70. The normalized spacial score (nSPS) is 11.7. The van der Waals surface area contributed by atoms with Gasteiger partial charge in [-0.3, -0.25) is 24.7 Å². The van der Waals surface area contributed by atoms with E-state index in [1.54, 1.807) is 27.7 Å². The smallest absolute Gasteiger partial charge is 0.550 e. The third-order valence-corrected chi connectivity index (χ3v) is 10.2. The van der Waals surface area contributed by atoms with Crippen LogP contribution in [-0.4, -0.2) is 68.8 Å². The summed E-state index contributed by atoms with van der Waals surface area (Å²) in [6.07, 6.45) is 2.34. The minimum Gasteiger partial charge on any atom is -0.550 e. The number of benzene rings is 4. The topological polar surface area (TPSA) is 209 Å². The first-order chi connectivity index (χ1) is 29.8. The van der Waals surface area contributed by atoms with E-state index in [0.717, 1.165) is 51.8 Å². The van der Waals surface area contributed by atoms with Crippen LogP contribution in [0.2, 0.25) is 0 Å². The van der Waals surface area contributed by atoms with Crippen molar-refractivity contribution in [3.8, 4) is 33.6 Å². The molecule has 0 aliphatic heterocycles. The first kappa shape index (κ1) is 59.3. The molecule has 1 heterocycles. The number of carbonyl (C=O) groups excluding carboxylic acids is 5. The number of amides is 2. The molecule has 0 bridgehead atoms. The van der Waals surface area contributed by atoms with Crippen LogP contribution in [0.1, 0.15) is 84.3 Å². The van der Waals surface area contributed by atoms with Gasteiger partial charge in [0, 0.05) is 37.2 Å². The minimum atomic E-state index is -1.27. The molecule has 3 atom stereocenters. The molecule has 5 aromatic rings. The maximum Gasteiger partial charge on any atom is 1.00 e. The van der Waals surface area contributed by atoms with Crippen LogP contribution in [0.3, 0.4) is 0 Å². The monoisotopic (exact) mass is 912 g/mol. The molecule has 5 rings (SSSR count). The molecule has 1 N–H and O–H groups in total. The van der Waals surface area contributed by atoms with Gasteiger partial charge in [0.05, 0.1) is 24.5 Å². The molecular formula is C48H55N6Na3O8. The number of unbranched alkanes of at least 4 members (excludes halogenated alkanes) is 1. The molecule has 65 heavy (non-hydrogen) atoms. The number of carbonyl (C=O) groups is 5. The SMILES string of the molecule is CCCCC(=O)N(Cc1ccc(-c2ccccc2-c2nnn[n-]2)cc1)[C@H](C(=O)[O-])C(C)C.CCOC(=O)[C@H](C)C[C@@H](Cc1ccc(-c2ccccc2)cc1)NC(=O)CCC(=O)[O-].[Na+].[Na+].[Na+]. The quantitative estimate of drug-likeness (QED) is 0.0552. The minimum absolute atomic E-state index is 0. The zero-order valence-electron chi connectivity index (χ0n) is 39.0. The molecule has 0 fully saturated rings. The maximum atomic E-state index is 12.8. The van der Waals surface area contributed by atoms with Crippen molar-refractivity contribution in [2.24, 2.45) is 11.8 Å². The average molecular weight is 913 g/mol. The molecular weight excluding hydrogens is 858 g/mol. The van der Waals surface area contributed by atoms with Crippen molar-refractivity contribution in [3.05, 3.63) is 114 Å². The fourth-order valence-corrected chi connectivity index (χ4v) is 7.01. The molecule has 0 saturated heterocycles. The van der Waals surface area contributed by atoms with Crippen molar-refractivity contribution in [2.75, 3.05) is 6.61 Å². The number of rotatable bonds is 21. The summed E-state index contributed by atoms with van der Waals surface area (Å²) in [4.78, 5) is 60.9. The molecule has 0 saturated carbocycles. The van der Waals surface area contributed by atoms with Gasteiger partial charge in [-0.2, -0.15) is 5.21 Å². The van der Waals surface area contributed by atoms with Crippen molar-refractivity contribution < 1.29 is 128 Å². The van der Waals surface area contributed by atoms with E-state index < -0.39 is 18.0 Å². The Morgan fingerprint density at radius 2 is 1.31 bits per heavy atom. The zero-order valence-corrected chi connectivity index (χ0v) is 45.0. The number of hydrogen-bond acceptors (Lipinski definition) is 11. The molecule has 4 aromatic carbocycles. The van der Waals surface area contributed by atoms with Gasteiger partial charge >= 0.3 is 94.6 Å². The summed E-state index contributed by atoms with van der Waals surface area (Å²) in [5.74, 6) is -3.55. The third-order valence-electron chi connectivity index (χ3n) is 10.2.